The second kappa shape index (κ2) is 9.23. The Morgan fingerprint density at radius 3 is 2.27 bits per heavy atom. The van der Waals surface area contributed by atoms with Crippen LogP contribution in [0.15, 0.2) is 41.3 Å². The molecule has 0 atom stereocenters. The topological polar surface area (TPSA) is 88.2 Å². The summed E-state index contributed by atoms with van der Waals surface area (Å²) in [6.07, 6.45) is 6.04. The standard InChI is InChI=1S/C24H29N3O5S/c28-24(25-18-7-10-22-23(15-18)32-17-31-22)20-16-19(33(29,30)27-13-5-2-6-14-27)8-9-21(20)26-11-3-1-4-12-26/h7-10,15-16H,1-6,11-14,17H2,(H,25,28). The van der Waals surface area contributed by atoms with Crippen LogP contribution in [0.5, 0.6) is 11.5 Å². The highest BCUT2D eigenvalue weighted by Crippen LogP contribution is 2.35. The van der Waals surface area contributed by atoms with E-state index in [1.165, 1.54) is 10.4 Å². The summed E-state index contributed by atoms with van der Waals surface area (Å²) in [7, 11) is -3.65. The van der Waals surface area contributed by atoms with Crippen LogP contribution in [-0.4, -0.2) is 51.6 Å². The maximum atomic E-state index is 13.4. The van der Waals surface area contributed by atoms with Crippen molar-refractivity contribution in [2.45, 2.75) is 43.4 Å². The SMILES string of the molecule is O=C(Nc1ccc2c(c1)OCO2)c1cc(S(=O)(=O)N2CCCCC2)ccc1N1CCCCC1. The fourth-order valence-corrected chi connectivity index (χ4v) is 6.24. The highest BCUT2D eigenvalue weighted by Gasteiger charge is 2.29. The van der Waals surface area contributed by atoms with Crippen molar-refractivity contribution in [2.75, 3.05) is 43.2 Å². The van der Waals surface area contributed by atoms with Gasteiger partial charge in [0.2, 0.25) is 16.8 Å². The average molecular weight is 472 g/mol. The molecular formula is C24H29N3O5S. The molecule has 33 heavy (non-hydrogen) atoms. The Kier molecular flexibility index (Phi) is 6.16. The molecule has 2 aromatic rings. The van der Waals surface area contributed by atoms with Gasteiger partial charge in [-0.05, 0) is 62.4 Å². The van der Waals surface area contributed by atoms with Crippen LogP contribution >= 0.6 is 0 Å². The van der Waals surface area contributed by atoms with Crippen LogP contribution in [0.25, 0.3) is 0 Å². The number of carbonyl (C=O) groups is 1. The second-order valence-corrected chi connectivity index (χ2v) is 10.7. The van der Waals surface area contributed by atoms with Crippen molar-refractivity contribution in [1.29, 1.82) is 0 Å². The number of hydrogen-bond donors (Lipinski definition) is 1. The maximum Gasteiger partial charge on any atom is 0.257 e. The molecule has 176 valence electrons. The Bertz CT molecular complexity index is 1140. The van der Waals surface area contributed by atoms with Gasteiger partial charge in [-0.15, -0.1) is 0 Å². The number of sulfonamides is 1. The lowest BCUT2D eigenvalue weighted by Crippen LogP contribution is -2.36. The van der Waals surface area contributed by atoms with Crippen LogP contribution in [0.3, 0.4) is 0 Å². The van der Waals surface area contributed by atoms with E-state index in [1.807, 2.05) is 0 Å². The summed E-state index contributed by atoms with van der Waals surface area (Å²) in [5, 5.41) is 2.92. The molecule has 1 amide bonds. The summed E-state index contributed by atoms with van der Waals surface area (Å²) in [6, 6.07) is 10.2. The Labute approximate surface area is 194 Å². The third-order valence-corrected chi connectivity index (χ3v) is 8.39. The van der Waals surface area contributed by atoms with Gasteiger partial charge in [-0.3, -0.25) is 4.79 Å². The molecule has 2 saturated heterocycles. The number of carbonyl (C=O) groups excluding carboxylic acids is 1. The molecule has 2 aromatic carbocycles. The van der Waals surface area contributed by atoms with Gasteiger partial charge in [0, 0.05) is 43.6 Å². The zero-order valence-electron chi connectivity index (χ0n) is 18.6. The van der Waals surface area contributed by atoms with Gasteiger partial charge in [0.1, 0.15) is 0 Å². The lowest BCUT2D eigenvalue weighted by molar-refractivity contribution is 0.102. The quantitative estimate of drug-likeness (QED) is 0.713. The van der Waals surface area contributed by atoms with Crippen LogP contribution in [0.4, 0.5) is 11.4 Å². The first-order valence-corrected chi connectivity index (χ1v) is 13.1. The van der Waals surface area contributed by atoms with E-state index in [2.05, 4.69) is 10.2 Å². The predicted octanol–water partition coefficient (Wildman–Crippen LogP) is 3.83. The minimum absolute atomic E-state index is 0.155. The first-order valence-electron chi connectivity index (χ1n) is 11.6. The lowest BCUT2D eigenvalue weighted by Gasteiger charge is -2.31. The molecule has 0 spiro atoms. The van der Waals surface area contributed by atoms with Crippen LogP contribution < -0.4 is 19.7 Å². The number of fused-ring (bicyclic) bond motifs is 1. The van der Waals surface area contributed by atoms with Gasteiger partial charge in [-0.25, -0.2) is 8.42 Å². The molecule has 5 rings (SSSR count). The Morgan fingerprint density at radius 2 is 1.52 bits per heavy atom. The highest BCUT2D eigenvalue weighted by molar-refractivity contribution is 7.89. The molecule has 0 aliphatic carbocycles. The molecule has 0 radical (unpaired) electrons. The smallest absolute Gasteiger partial charge is 0.257 e. The summed E-state index contributed by atoms with van der Waals surface area (Å²) in [4.78, 5) is 15.8. The molecule has 2 fully saturated rings. The fourth-order valence-electron chi connectivity index (χ4n) is 4.70. The number of piperidine rings is 2. The minimum atomic E-state index is -3.65. The van der Waals surface area contributed by atoms with Crippen molar-refractivity contribution >= 4 is 27.3 Å². The molecule has 0 aromatic heterocycles. The van der Waals surface area contributed by atoms with Gasteiger partial charge >= 0.3 is 0 Å². The highest BCUT2D eigenvalue weighted by atomic mass is 32.2. The summed E-state index contributed by atoms with van der Waals surface area (Å²) < 4.78 is 38.9. The van der Waals surface area contributed by atoms with Crippen LogP contribution in [0, 0.1) is 0 Å². The zero-order valence-corrected chi connectivity index (χ0v) is 19.4. The molecule has 1 N–H and O–H groups in total. The molecule has 9 heteroatoms. The second-order valence-electron chi connectivity index (χ2n) is 8.71. The molecule has 3 aliphatic heterocycles. The number of nitrogens with one attached hydrogen (secondary N) is 1. The van der Waals surface area contributed by atoms with Crippen molar-refractivity contribution in [3.05, 3.63) is 42.0 Å². The van der Waals surface area contributed by atoms with Gasteiger partial charge in [0.25, 0.3) is 5.91 Å². The fraction of sp³-hybridized carbons (Fsp3) is 0.458. The summed E-state index contributed by atoms with van der Waals surface area (Å²) in [5.41, 5.74) is 1.70. The van der Waals surface area contributed by atoms with E-state index in [9.17, 15) is 13.2 Å². The molecule has 0 bridgehead atoms. The Morgan fingerprint density at radius 1 is 0.818 bits per heavy atom. The van der Waals surface area contributed by atoms with Crippen molar-refractivity contribution in [1.82, 2.24) is 4.31 Å². The third-order valence-electron chi connectivity index (χ3n) is 6.49. The van der Waals surface area contributed by atoms with Crippen molar-refractivity contribution in [2.24, 2.45) is 0 Å². The van der Waals surface area contributed by atoms with E-state index >= 15 is 0 Å². The summed E-state index contributed by atoms with van der Waals surface area (Å²) in [6.45, 7) is 2.90. The molecule has 3 heterocycles. The Hall–Kier alpha value is -2.78. The van der Waals surface area contributed by atoms with E-state index in [0.717, 1.165) is 57.3 Å². The first kappa shape index (κ1) is 22.0. The van der Waals surface area contributed by atoms with Gasteiger partial charge in [-0.2, -0.15) is 4.31 Å². The largest absolute Gasteiger partial charge is 0.454 e. The lowest BCUT2D eigenvalue weighted by atomic mass is 10.1. The molecule has 0 unspecified atom stereocenters. The van der Waals surface area contributed by atoms with Gasteiger partial charge < -0.3 is 19.7 Å². The van der Waals surface area contributed by atoms with E-state index in [-0.39, 0.29) is 17.6 Å². The summed E-state index contributed by atoms with van der Waals surface area (Å²) >= 11 is 0. The number of nitrogens with zero attached hydrogens (tertiary/aromatic N) is 2. The first-order chi connectivity index (χ1) is 16.0. The van der Waals surface area contributed by atoms with Crippen molar-refractivity contribution < 1.29 is 22.7 Å². The van der Waals surface area contributed by atoms with E-state index in [0.29, 0.717) is 35.8 Å². The van der Waals surface area contributed by atoms with Gasteiger partial charge in [0.15, 0.2) is 11.5 Å². The monoisotopic (exact) mass is 471 g/mol. The molecule has 0 saturated carbocycles. The molecule has 3 aliphatic rings. The number of hydrogen-bond acceptors (Lipinski definition) is 6. The van der Waals surface area contributed by atoms with Crippen LogP contribution in [-0.2, 0) is 10.0 Å². The average Bonchev–Trinajstić information content (AvgIpc) is 3.33. The van der Waals surface area contributed by atoms with Crippen molar-refractivity contribution in [3.63, 3.8) is 0 Å². The van der Waals surface area contributed by atoms with Crippen LogP contribution in [0.2, 0.25) is 0 Å². The molecular weight excluding hydrogens is 442 g/mol. The van der Waals surface area contributed by atoms with Crippen molar-refractivity contribution in [3.8, 4) is 11.5 Å². The van der Waals surface area contributed by atoms with Gasteiger partial charge in [0.05, 0.1) is 10.5 Å². The number of rotatable bonds is 5. The van der Waals surface area contributed by atoms with E-state index in [1.54, 1.807) is 30.3 Å². The predicted molar refractivity (Wildman–Crippen MR) is 126 cm³/mol. The molecule has 8 nitrogen and oxygen atoms in total. The van der Waals surface area contributed by atoms with Gasteiger partial charge in [-0.1, -0.05) is 6.42 Å². The van der Waals surface area contributed by atoms with E-state index in [4.69, 9.17) is 9.47 Å². The summed E-state index contributed by atoms with van der Waals surface area (Å²) in [5.74, 6) is 0.868. The maximum absolute atomic E-state index is 13.4. The Balaban J connectivity index is 1.48. The normalized spacial score (nSPS) is 18.8. The number of anilines is 2. The third kappa shape index (κ3) is 4.52. The number of benzene rings is 2. The number of ether oxygens (including phenoxy) is 2. The minimum Gasteiger partial charge on any atom is -0.454 e. The van der Waals surface area contributed by atoms with E-state index < -0.39 is 10.0 Å². The number of amides is 1. The zero-order chi connectivity index (χ0) is 22.8. The van der Waals surface area contributed by atoms with Crippen LogP contribution in [0.1, 0.15) is 48.9 Å².